The van der Waals surface area contributed by atoms with Gasteiger partial charge in [0.15, 0.2) is 0 Å². The van der Waals surface area contributed by atoms with E-state index >= 15 is 0 Å². The van der Waals surface area contributed by atoms with E-state index in [0.717, 1.165) is 29.5 Å². The number of anilines is 1. The number of amides is 1. The van der Waals surface area contributed by atoms with Gasteiger partial charge in [-0.25, -0.2) is 9.78 Å². The Morgan fingerprint density at radius 2 is 1.94 bits per heavy atom. The van der Waals surface area contributed by atoms with Crippen LogP contribution in [0.5, 0.6) is 0 Å². The van der Waals surface area contributed by atoms with Crippen LogP contribution in [0.1, 0.15) is 59.5 Å². The highest BCUT2D eigenvalue weighted by Gasteiger charge is 2.34. The van der Waals surface area contributed by atoms with Crippen molar-refractivity contribution in [3.63, 3.8) is 0 Å². The Hall–Kier alpha value is -3.94. The first-order valence-electron chi connectivity index (χ1n) is 12.3. The van der Waals surface area contributed by atoms with Gasteiger partial charge in [0.1, 0.15) is 5.82 Å². The number of benzene rings is 2. The van der Waals surface area contributed by atoms with Crippen LogP contribution in [0.2, 0.25) is 0 Å². The number of hydrogen-bond donors (Lipinski definition) is 2. The smallest absolute Gasteiger partial charge is 0.337 e. The lowest BCUT2D eigenvalue weighted by Gasteiger charge is -2.27. The number of nitrogens with one attached hydrogen (secondary N) is 1. The van der Waals surface area contributed by atoms with E-state index in [1.54, 1.807) is 35.9 Å². The molecule has 2 N–H and O–H groups in total. The lowest BCUT2D eigenvalue weighted by atomic mass is 9.99. The molecule has 1 aliphatic heterocycles. The van der Waals surface area contributed by atoms with E-state index in [1.165, 1.54) is 0 Å². The molecular formula is C28H30N4O4. The average Bonchev–Trinajstić information content (AvgIpc) is 3.71. The van der Waals surface area contributed by atoms with Crippen LogP contribution < -0.4 is 10.9 Å². The molecule has 1 aromatic heterocycles. The molecule has 1 aliphatic carbocycles. The Morgan fingerprint density at radius 1 is 1.19 bits per heavy atom. The number of rotatable bonds is 6. The fourth-order valence-corrected chi connectivity index (χ4v) is 4.94. The summed E-state index contributed by atoms with van der Waals surface area (Å²) in [6.45, 7) is 5.03. The van der Waals surface area contributed by atoms with E-state index in [1.807, 2.05) is 37.0 Å². The number of aryl methyl sites for hydroxylation is 1. The molecule has 1 fully saturated rings. The lowest BCUT2D eigenvalue weighted by molar-refractivity contribution is -0.132. The van der Waals surface area contributed by atoms with E-state index < -0.39 is 5.97 Å². The first-order chi connectivity index (χ1) is 17.2. The third-order valence-electron chi connectivity index (χ3n) is 7.08. The molecule has 0 spiro atoms. The minimum atomic E-state index is -1.01. The van der Waals surface area contributed by atoms with Crippen molar-refractivity contribution in [2.24, 2.45) is 13.0 Å². The second-order valence-corrected chi connectivity index (χ2v) is 9.80. The van der Waals surface area contributed by atoms with Crippen LogP contribution in [0.25, 0.3) is 16.5 Å². The predicted octanol–water partition coefficient (Wildman–Crippen LogP) is 4.14. The maximum absolute atomic E-state index is 13.4. The molecule has 2 aromatic carbocycles. The maximum Gasteiger partial charge on any atom is 0.337 e. The van der Waals surface area contributed by atoms with E-state index in [9.17, 15) is 19.5 Å². The van der Waals surface area contributed by atoms with E-state index in [4.69, 9.17) is 4.98 Å². The molecule has 2 aliphatic rings. The lowest BCUT2D eigenvalue weighted by Crippen LogP contribution is -2.36. The van der Waals surface area contributed by atoms with Crippen molar-refractivity contribution in [3.05, 3.63) is 75.3 Å². The second kappa shape index (κ2) is 9.26. The van der Waals surface area contributed by atoms with Gasteiger partial charge in [-0.3, -0.25) is 14.2 Å². The number of carboxylic acids is 1. The van der Waals surface area contributed by atoms with Gasteiger partial charge in [0, 0.05) is 37.3 Å². The van der Waals surface area contributed by atoms with Gasteiger partial charge in [-0.05, 0) is 62.4 Å². The van der Waals surface area contributed by atoms with Crippen molar-refractivity contribution >= 4 is 34.0 Å². The number of nitrogens with zero attached hydrogens (tertiary/aromatic N) is 3. The Labute approximate surface area is 209 Å². The van der Waals surface area contributed by atoms with Crippen molar-refractivity contribution in [1.82, 2.24) is 14.5 Å². The van der Waals surface area contributed by atoms with E-state index in [0.29, 0.717) is 41.9 Å². The van der Waals surface area contributed by atoms with Crippen LogP contribution in [0.15, 0.2) is 47.3 Å². The van der Waals surface area contributed by atoms with Gasteiger partial charge in [0.25, 0.3) is 5.56 Å². The van der Waals surface area contributed by atoms with Crippen LogP contribution in [0.4, 0.5) is 5.69 Å². The highest BCUT2D eigenvalue weighted by atomic mass is 16.4. The summed E-state index contributed by atoms with van der Waals surface area (Å²) in [5, 5.41) is 13.4. The van der Waals surface area contributed by atoms with Crippen molar-refractivity contribution in [3.8, 4) is 0 Å². The molecule has 186 valence electrons. The van der Waals surface area contributed by atoms with E-state index in [2.05, 4.69) is 5.32 Å². The van der Waals surface area contributed by atoms with Gasteiger partial charge in [-0.2, -0.15) is 0 Å². The summed E-state index contributed by atoms with van der Waals surface area (Å²) in [5.41, 5.74) is 3.87. The molecule has 3 aromatic rings. The summed E-state index contributed by atoms with van der Waals surface area (Å²) in [7, 11) is 1.74. The molecule has 0 saturated heterocycles. The van der Waals surface area contributed by atoms with Crippen LogP contribution in [-0.4, -0.2) is 44.5 Å². The quantitative estimate of drug-likeness (QED) is 0.543. The van der Waals surface area contributed by atoms with Gasteiger partial charge in [-0.15, -0.1) is 0 Å². The zero-order valence-electron chi connectivity index (χ0n) is 20.7. The first-order valence-corrected chi connectivity index (χ1v) is 12.3. The topological polar surface area (TPSA) is 105 Å². The minimum Gasteiger partial charge on any atom is -0.478 e. The normalized spacial score (nSPS) is 16.5. The van der Waals surface area contributed by atoms with Crippen LogP contribution >= 0.6 is 0 Å². The average molecular weight is 487 g/mol. The zero-order chi connectivity index (χ0) is 25.6. The number of para-hydroxylation sites is 1. The van der Waals surface area contributed by atoms with Crippen LogP contribution in [0.3, 0.4) is 0 Å². The standard InChI is InChI=1S/C28H30N4O4/c1-16-14-21(17(2)29-23-7-5-4-6-20(23)28(35)36)24-22(15-16)27(34)31(3)25(30-24)18-10-12-32(13-11-18)26(33)19-8-9-19/h4-7,10,14-15,17,19,29H,8-9,11-13H2,1-3H3,(H,35,36)/t17-/m1/s1. The van der Waals surface area contributed by atoms with Gasteiger partial charge < -0.3 is 15.3 Å². The summed E-state index contributed by atoms with van der Waals surface area (Å²) in [6.07, 6.45) is 4.62. The SMILES string of the molecule is Cc1cc([C@@H](C)Nc2ccccc2C(=O)O)c2nc(C3=CCN(C(=O)C4CC4)CC3)n(C)c(=O)c2c1. The fraction of sp³-hybridized carbons (Fsp3) is 0.357. The highest BCUT2D eigenvalue weighted by Crippen LogP contribution is 2.33. The third kappa shape index (κ3) is 4.39. The molecule has 0 bridgehead atoms. The van der Waals surface area contributed by atoms with Crippen molar-refractivity contribution in [1.29, 1.82) is 0 Å². The Balaban J connectivity index is 1.54. The molecule has 1 atom stereocenters. The van der Waals surface area contributed by atoms with Gasteiger partial charge >= 0.3 is 5.97 Å². The number of carbonyl (C=O) groups is 2. The maximum atomic E-state index is 13.4. The molecule has 36 heavy (non-hydrogen) atoms. The molecule has 0 radical (unpaired) electrons. The highest BCUT2D eigenvalue weighted by molar-refractivity contribution is 5.94. The molecule has 5 rings (SSSR count). The summed E-state index contributed by atoms with van der Waals surface area (Å²) in [6, 6.07) is 10.3. The molecule has 0 unspecified atom stereocenters. The monoisotopic (exact) mass is 486 g/mol. The minimum absolute atomic E-state index is 0.129. The Morgan fingerprint density at radius 3 is 2.61 bits per heavy atom. The fourth-order valence-electron chi connectivity index (χ4n) is 4.94. The third-order valence-corrected chi connectivity index (χ3v) is 7.08. The summed E-state index contributed by atoms with van der Waals surface area (Å²) >= 11 is 0. The number of aromatic nitrogens is 2. The van der Waals surface area contributed by atoms with Crippen molar-refractivity contribution in [2.45, 2.75) is 39.2 Å². The number of carbonyl (C=O) groups excluding carboxylic acids is 1. The summed E-state index contributed by atoms with van der Waals surface area (Å²) < 4.78 is 1.59. The number of hydrogen-bond acceptors (Lipinski definition) is 5. The second-order valence-electron chi connectivity index (χ2n) is 9.80. The zero-order valence-corrected chi connectivity index (χ0v) is 20.7. The van der Waals surface area contributed by atoms with Gasteiger partial charge in [-0.1, -0.05) is 24.3 Å². The summed E-state index contributed by atoms with van der Waals surface area (Å²) in [5.74, 6) is 0.0143. The largest absolute Gasteiger partial charge is 0.478 e. The molecule has 2 heterocycles. The van der Waals surface area contributed by atoms with Crippen LogP contribution in [0, 0.1) is 12.8 Å². The van der Waals surface area contributed by atoms with Gasteiger partial charge in [0.2, 0.25) is 5.91 Å². The summed E-state index contributed by atoms with van der Waals surface area (Å²) in [4.78, 5) is 44.4. The van der Waals surface area contributed by atoms with E-state index in [-0.39, 0.29) is 29.0 Å². The molecule has 8 nitrogen and oxygen atoms in total. The number of fused-ring (bicyclic) bond motifs is 1. The number of carboxylic acid groups (broad SMARTS) is 1. The van der Waals surface area contributed by atoms with Crippen LogP contribution in [-0.2, 0) is 11.8 Å². The predicted molar refractivity (Wildman–Crippen MR) is 139 cm³/mol. The Kier molecular flexibility index (Phi) is 6.12. The molecule has 1 amide bonds. The van der Waals surface area contributed by atoms with Gasteiger partial charge in [0.05, 0.1) is 22.5 Å². The van der Waals surface area contributed by atoms with Crippen molar-refractivity contribution in [2.75, 3.05) is 18.4 Å². The Bertz CT molecular complexity index is 1470. The molecular weight excluding hydrogens is 456 g/mol. The molecule has 8 heteroatoms. The number of aromatic carboxylic acids is 1. The molecule has 1 saturated carbocycles. The van der Waals surface area contributed by atoms with Crippen molar-refractivity contribution < 1.29 is 14.7 Å². The first kappa shape index (κ1) is 23.8.